The maximum atomic E-state index is 13.3. The summed E-state index contributed by atoms with van der Waals surface area (Å²) in [6.45, 7) is 2.21. The van der Waals surface area contributed by atoms with Crippen molar-refractivity contribution in [3.05, 3.63) is 177 Å². The van der Waals surface area contributed by atoms with Gasteiger partial charge in [0.25, 0.3) is 0 Å². The normalized spacial score (nSPS) is 14.2. The molecule has 1 aliphatic rings. The number of esters is 2. The number of carbonyl (C=O) groups excluding carboxylic acids is 2. The van der Waals surface area contributed by atoms with Gasteiger partial charge in [-0.2, -0.15) is 0 Å². The molecule has 1 aliphatic heterocycles. The van der Waals surface area contributed by atoms with Crippen LogP contribution in [0.4, 0.5) is 0 Å². The molecule has 3 aromatic heterocycles. The van der Waals surface area contributed by atoms with Crippen molar-refractivity contribution >= 4 is 50.4 Å². The van der Waals surface area contributed by atoms with Crippen molar-refractivity contribution in [3.8, 4) is 22.7 Å². The lowest BCUT2D eigenvalue weighted by atomic mass is 9.77. The fourth-order valence-corrected chi connectivity index (χ4v) is 8.53. The summed E-state index contributed by atoms with van der Waals surface area (Å²) in [5.74, 6) is 0.506. The highest BCUT2D eigenvalue weighted by atomic mass is 79.9. The molecule has 1 saturated heterocycles. The van der Waals surface area contributed by atoms with E-state index in [0.717, 1.165) is 43.2 Å². The van der Waals surface area contributed by atoms with Crippen LogP contribution in [-0.2, 0) is 32.8 Å². The molecular weight excluding hydrogens is 820 g/mol. The van der Waals surface area contributed by atoms with Crippen molar-refractivity contribution in [1.82, 2.24) is 29.8 Å². The predicted octanol–water partition coefficient (Wildman–Crippen LogP) is 9.64. The maximum Gasteiger partial charge on any atom is 0.361 e. The number of carbonyl (C=O) groups is 2. The first kappa shape index (κ1) is 37.2. The Bertz CT molecular complexity index is 2690. The average molecular weight is 854 g/mol. The number of aryl methyl sites for hydroxylation is 1. The maximum absolute atomic E-state index is 13.3. The van der Waals surface area contributed by atoms with Gasteiger partial charge in [-0.25, -0.2) is 9.78 Å². The minimum absolute atomic E-state index is 0.0229. The summed E-state index contributed by atoms with van der Waals surface area (Å²) in [6, 6.07) is 44.2. The number of tetrazole rings is 1. The van der Waals surface area contributed by atoms with Crippen molar-refractivity contribution in [3.63, 3.8) is 0 Å². The minimum atomic E-state index is -0.956. The fourth-order valence-electron chi connectivity index (χ4n) is 7.65. The molecule has 0 N–H and O–H groups in total. The Morgan fingerprint density at radius 3 is 2.10 bits per heavy atom. The molecule has 8 aromatic rings. The fraction of sp³-hybridized carbons (Fsp3) is 0.156. The van der Waals surface area contributed by atoms with Crippen LogP contribution in [0.2, 0.25) is 5.15 Å². The number of halogens is 2. The van der Waals surface area contributed by atoms with E-state index >= 15 is 0 Å². The van der Waals surface area contributed by atoms with Crippen molar-refractivity contribution < 1.29 is 23.5 Å². The van der Waals surface area contributed by atoms with Crippen LogP contribution in [0.5, 0.6) is 0 Å². The summed E-state index contributed by atoms with van der Waals surface area (Å²) >= 11 is 10.4. The van der Waals surface area contributed by atoms with Gasteiger partial charge in [0.2, 0.25) is 12.1 Å². The minimum Gasteiger partial charge on any atom is -0.455 e. The molecule has 9 rings (SSSR count). The number of fused-ring (bicyclic) bond motifs is 1. The number of hydrogen-bond acceptors (Lipinski definition) is 9. The second-order valence-corrected chi connectivity index (χ2v) is 15.0. The number of imidazole rings is 1. The molecule has 0 unspecified atom stereocenters. The number of rotatable bonds is 11. The van der Waals surface area contributed by atoms with Crippen LogP contribution in [0, 0.1) is 0 Å². The summed E-state index contributed by atoms with van der Waals surface area (Å²) in [5, 5.41) is 15.4. The smallest absolute Gasteiger partial charge is 0.361 e. The Labute approximate surface area is 346 Å². The van der Waals surface area contributed by atoms with Gasteiger partial charge in [-0.05, 0) is 55.5 Å². The van der Waals surface area contributed by atoms with Gasteiger partial charge < -0.3 is 18.5 Å². The van der Waals surface area contributed by atoms with Crippen LogP contribution < -0.4 is 0 Å². The van der Waals surface area contributed by atoms with E-state index in [2.05, 4.69) is 57.3 Å². The van der Waals surface area contributed by atoms with Gasteiger partial charge in [0.1, 0.15) is 17.2 Å². The number of cyclic esters (lactones) is 1. The summed E-state index contributed by atoms with van der Waals surface area (Å²) in [4.78, 5) is 31.1. The van der Waals surface area contributed by atoms with Crippen molar-refractivity contribution in [2.75, 3.05) is 0 Å². The number of ether oxygens (including phenoxy) is 2. The van der Waals surface area contributed by atoms with Crippen LogP contribution in [-0.4, -0.2) is 48.0 Å². The van der Waals surface area contributed by atoms with E-state index in [1.165, 1.54) is 0 Å². The van der Waals surface area contributed by atoms with Crippen LogP contribution in [0.1, 0.15) is 58.3 Å². The Kier molecular flexibility index (Phi) is 9.96. The third-order valence-corrected chi connectivity index (χ3v) is 11.4. The van der Waals surface area contributed by atoms with Crippen molar-refractivity contribution in [1.29, 1.82) is 0 Å². The first-order chi connectivity index (χ1) is 28.3. The van der Waals surface area contributed by atoms with Crippen molar-refractivity contribution in [2.24, 2.45) is 0 Å². The lowest BCUT2D eigenvalue weighted by Crippen LogP contribution is -2.39. The lowest BCUT2D eigenvalue weighted by Gasteiger charge is -2.34. The highest BCUT2D eigenvalue weighted by molar-refractivity contribution is 9.10. The third-order valence-electron chi connectivity index (χ3n) is 10.3. The SMILES string of the molecule is CCc1nc(Cl)c(C(=O)O[C@@H]2CCC(=O)O2)n1Cc1ccc2oc(-c3ccccc3-c3nnn(C(c4ccccc4)(c4ccccc4)c4ccccc4)n3)c(Br)c2c1. The molecule has 0 radical (unpaired) electrons. The number of nitrogens with zero attached hydrogens (tertiary/aromatic N) is 6. The van der Waals surface area contributed by atoms with Gasteiger partial charge in [0.05, 0.1) is 10.9 Å². The topological polar surface area (TPSA) is 127 Å². The molecule has 5 aromatic carbocycles. The monoisotopic (exact) mass is 852 g/mol. The predicted molar refractivity (Wildman–Crippen MR) is 221 cm³/mol. The largest absolute Gasteiger partial charge is 0.455 e. The van der Waals surface area contributed by atoms with E-state index in [4.69, 9.17) is 40.9 Å². The van der Waals surface area contributed by atoms with Crippen LogP contribution in [0.15, 0.2) is 142 Å². The standard InChI is InChI=1S/C45H34BrClN6O5/c1-2-36-48-42(47)40(44(55)58-38-25-24-37(54)57-38)52(36)27-28-22-23-35-34(26-28)39(46)41(56-35)32-20-12-13-21-33(32)43-49-51-53(50-43)45(29-14-6-3-7-15-29,30-16-8-4-9-17-30)31-18-10-5-11-19-31/h3-23,26,38H,2,24-25,27H2,1H3/t38-/m1/s1. The highest BCUT2D eigenvalue weighted by Crippen LogP contribution is 2.43. The third kappa shape index (κ3) is 6.57. The molecular formula is C45H34BrClN6O5. The zero-order valence-electron chi connectivity index (χ0n) is 31.1. The summed E-state index contributed by atoms with van der Waals surface area (Å²) in [7, 11) is 0. The zero-order valence-corrected chi connectivity index (χ0v) is 33.4. The molecule has 288 valence electrons. The molecule has 13 heteroatoms. The lowest BCUT2D eigenvalue weighted by molar-refractivity contribution is -0.154. The van der Waals surface area contributed by atoms with Crippen LogP contribution >= 0.6 is 27.5 Å². The van der Waals surface area contributed by atoms with Gasteiger partial charge in [-0.1, -0.05) is 140 Å². The molecule has 0 bridgehead atoms. The van der Waals surface area contributed by atoms with E-state index in [1.807, 2.05) is 104 Å². The van der Waals surface area contributed by atoms with Crippen LogP contribution in [0.3, 0.4) is 0 Å². The summed E-state index contributed by atoms with van der Waals surface area (Å²) in [5.41, 5.74) is 5.11. The second kappa shape index (κ2) is 15.5. The van der Waals surface area contributed by atoms with E-state index in [9.17, 15) is 9.59 Å². The molecule has 0 saturated carbocycles. The first-order valence-corrected chi connectivity index (χ1v) is 20.0. The van der Waals surface area contributed by atoms with E-state index in [0.29, 0.717) is 29.4 Å². The van der Waals surface area contributed by atoms with Gasteiger partial charge in [0, 0.05) is 35.9 Å². The van der Waals surface area contributed by atoms with E-state index in [1.54, 1.807) is 9.36 Å². The molecule has 1 atom stereocenters. The summed E-state index contributed by atoms with van der Waals surface area (Å²) in [6.07, 6.45) is 0.0395. The number of benzene rings is 5. The second-order valence-electron chi connectivity index (χ2n) is 13.8. The number of hydrogen-bond donors (Lipinski definition) is 0. The first-order valence-electron chi connectivity index (χ1n) is 18.8. The zero-order chi connectivity index (χ0) is 39.8. The molecule has 11 nitrogen and oxygen atoms in total. The Morgan fingerprint density at radius 1 is 0.879 bits per heavy atom. The van der Waals surface area contributed by atoms with Crippen molar-refractivity contribution in [2.45, 2.75) is 44.6 Å². The molecule has 4 heterocycles. The Morgan fingerprint density at radius 2 is 1.50 bits per heavy atom. The molecule has 1 fully saturated rings. The number of aromatic nitrogens is 6. The van der Waals surface area contributed by atoms with E-state index < -0.39 is 23.8 Å². The quantitative estimate of drug-likeness (QED) is 0.0924. The summed E-state index contributed by atoms with van der Waals surface area (Å²) < 4.78 is 19.6. The van der Waals surface area contributed by atoms with Gasteiger partial charge in [-0.15, -0.1) is 15.0 Å². The van der Waals surface area contributed by atoms with E-state index in [-0.39, 0.29) is 30.2 Å². The van der Waals surface area contributed by atoms with Gasteiger partial charge in [0.15, 0.2) is 16.4 Å². The van der Waals surface area contributed by atoms with Gasteiger partial charge >= 0.3 is 11.9 Å². The van der Waals surface area contributed by atoms with Gasteiger partial charge in [-0.3, -0.25) is 4.79 Å². The van der Waals surface area contributed by atoms with Crippen LogP contribution in [0.25, 0.3) is 33.7 Å². The Hall–Kier alpha value is -6.37. The molecule has 0 spiro atoms. The molecule has 0 amide bonds. The molecule has 58 heavy (non-hydrogen) atoms. The Balaban J connectivity index is 1.09. The average Bonchev–Trinajstić information content (AvgIpc) is 4.05. The molecule has 0 aliphatic carbocycles. The highest BCUT2D eigenvalue weighted by Gasteiger charge is 2.41. The number of furan rings is 1.